The van der Waals surface area contributed by atoms with E-state index in [4.69, 9.17) is 0 Å². The number of aromatic nitrogens is 5. The lowest BCUT2D eigenvalue weighted by atomic mass is 10.1. The van der Waals surface area contributed by atoms with E-state index in [1.54, 1.807) is 48.9 Å². The topological polar surface area (TPSA) is 68.8 Å². The molecule has 5 heterocycles. The highest BCUT2D eigenvalue weighted by molar-refractivity contribution is 6.12. The van der Waals surface area contributed by atoms with Crippen LogP contribution in [-0.4, -0.2) is 30.3 Å². The van der Waals surface area contributed by atoms with Gasteiger partial charge in [-0.3, -0.25) is 9.55 Å². The van der Waals surface area contributed by atoms with Gasteiger partial charge in [0.25, 0.3) is 5.84 Å². The highest BCUT2D eigenvalue weighted by Gasteiger charge is 2.43. The first-order valence-electron chi connectivity index (χ1n) is 11.4. The maximum Gasteiger partial charge on any atom is 0.450 e. The number of halogens is 3. The van der Waals surface area contributed by atoms with Crippen LogP contribution in [0.2, 0.25) is 0 Å². The minimum absolute atomic E-state index is 0.0802. The largest absolute Gasteiger partial charge is 0.450 e. The van der Waals surface area contributed by atoms with Gasteiger partial charge >= 0.3 is 6.18 Å². The molecular formula is C27H19F3N7+. The Bertz CT molecular complexity index is 1660. The Hall–Kier alpha value is -4.70. The van der Waals surface area contributed by atoms with E-state index in [1.165, 1.54) is 12.3 Å². The van der Waals surface area contributed by atoms with Crippen molar-refractivity contribution in [1.29, 1.82) is 0 Å². The molecule has 5 aromatic rings. The van der Waals surface area contributed by atoms with Crippen molar-refractivity contribution in [3.05, 3.63) is 115 Å². The Morgan fingerprint density at radius 1 is 0.838 bits per heavy atom. The van der Waals surface area contributed by atoms with Crippen molar-refractivity contribution in [2.45, 2.75) is 13.1 Å². The van der Waals surface area contributed by atoms with Gasteiger partial charge in [-0.25, -0.2) is 15.0 Å². The minimum atomic E-state index is -4.65. The van der Waals surface area contributed by atoms with Crippen LogP contribution in [0.5, 0.6) is 0 Å². The first-order chi connectivity index (χ1) is 17.9. The van der Waals surface area contributed by atoms with Crippen molar-refractivity contribution in [3.63, 3.8) is 0 Å². The molecule has 0 amide bonds. The zero-order chi connectivity index (χ0) is 25.6. The second-order valence-electron chi connectivity index (χ2n) is 8.48. The second kappa shape index (κ2) is 8.45. The summed E-state index contributed by atoms with van der Waals surface area (Å²) in [5, 5.41) is 0. The summed E-state index contributed by atoms with van der Waals surface area (Å²) in [5.41, 5.74) is 3.00. The number of hydrogen-bond donors (Lipinski definition) is 0. The van der Waals surface area contributed by atoms with E-state index < -0.39 is 12.0 Å². The molecule has 1 atom stereocenters. The normalized spacial score (nSPS) is 17.4. The average Bonchev–Trinajstić information content (AvgIpc) is 3.53. The molecule has 1 aliphatic heterocycles. The fourth-order valence-corrected chi connectivity index (χ4v) is 4.51. The van der Waals surface area contributed by atoms with E-state index in [1.807, 2.05) is 43.5 Å². The molecule has 0 N–H and O–H groups in total. The van der Waals surface area contributed by atoms with Gasteiger partial charge < -0.3 is 0 Å². The maximum absolute atomic E-state index is 13.8. The van der Waals surface area contributed by atoms with Gasteiger partial charge in [0.15, 0.2) is 11.3 Å². The first kappa shape index (κ1) is 22.7. The van der Waals surface area contributed by atoms with Crippen molar-refractivity contribution in [1.82, 2.24) is 29.0 Å². The molecule has 4 aromatic heterocycles. The molecule has 7 nitrogen and oxygen atoms in total. The highest BCUT2D eigenvalue weighted by Crippen LogP contribution is 2.39. The average molecular weight is 498 g/mol. The van der Waals surface area contributed by atoms with E-state index in [0.717, 1.165) is 15.9 Å². The van der Waals surface area contributed by atoms with Crippen molar-refractivity contribution >= 4 is 28.5 Å². The Morgan fingerprint density at radius 2 is 1.65 bits per heavy atom. The summed E-state index contributed by atoms with van der Waals surface area (Å²) in [7, 11) is 0. The molecule has 0 spiro atoms. The van der Waals surface area contributed by atoms with Crippen LogP contribution in [0.25, 0.3) is 16.9 Å². The zero-order valence-electron chi connectivity index (χ0n) is 19.5. The molecule has 182 valence electrons. The van der Waals surface area contributed by atoms with E-state index in [-0.39, 0.29) is 21.3 Å². The zero-order valence-corrected chi connectivity index (χ0v) is 19.5. The van der Waals surface area contributed by atoms with E-state index in [2.05, 4.69) is 24.9 Å². The molecule has 0 aliphatic carbocycles. The molecular weight excluding hydrogens is 479 g/mol. The number of pyridine rings is 3. The number of fused-ring (bicyclic) bond motifs is 1. The van der Waals surface area contributed by atoms with Crippen LogP contribution in [0.1, 0.15) is 17.1 Å². The fraction of sp³-hybridized carbons (Fsp3) is 0.0741. The second-order valence-corrected chi connectivity index (χ2v) is 8.48. The number of alkyl halides is 3. The van der Waals surface area contributed by atoms with Gasteiger partial charge in [-0.2, -0.15) is 22.6 Å². The SMILES string of the molecule is Cc1ccc([N+]2(c3ccccn3)C=CN=C2c2ccc(-n3c(C(F)(F)F)nc4cccnc43)cc2)cn1. The van der Waals surface area contributed by atoms with Crippen molar-refractivity contribution in [2.75, 3.05) is 0 Å². The predicted octanol–water partition coefficient (Wildman–Crippen LogP) is 6.11. The third-order valence-electron chi connectivity index (χ3n) is 6.19. The summed E-state index contributed by atoms with van der Waals surface area (Å²) >= 11 is 0. The van der Waals surface area contributed by atoms with Crippen molar-refractivity contribution < 1.29 is 13.2 Å². The van der Waals surface area contributed by atoms with Crippen LogP contribution in [0.15, 0.2) is 103 Å². The number of amidine groups is 1. The summed E-state index contributed by atoms with van der Waals surface area (Å²) in [6, 6.07) is 19.3. The molecule has 6 rings (SSSR count). The van der Waals surface area contributed by atoms with Crippen LogP contribution < -0.4 is 4.48 Å². The molecule has 1 aliphatic rings. The monoisotopic (exact) mass is 498 g/mol. The van der Waals surface area contributed by atoms with Gasteiger partial charge in [0.2, 0.25) is 11.6 Å². The lowest BCUT2D eigenvalue weighted by Gasteiger charge is -2.30. The van der Waals surface area contributed by atoms with Crippen LogP contribution in [-0.2, 0) is 6.18 Å². The van der Waals surface area contributed by atoms with Crippen LogP contribution in [0.4, 0.5) is 24.7 Å². The van der Waals surface area contributed by atoms with Crippen LogP contribution in [0.3, 0.4) is 0 Å². The molecule has 10 heteroatoms. The van der Waals surface area contributed by atoms with E-state index >= 15 is 0 Å². The lowest BCUT2D eigenvalue weighted by molar-refractivity contribution is -0.145. The number of nitrogens with zero attached hydrogens (tertiary/aromatic N) is 7. The van der Waals surface area contributed by atoms with E-state index in [0.29, 0.717) is 17.2 Å². The Labute approximate surface area is 209 Å². The molecule has 1 aromatic carbocycles. The standard InChI is InChI=1S/C27H19F3N7/c1-18-7-12-21(17-34-18)37(23-6-2-3-13-31-23)16-15-33-25(37)19-8-10-20(11-9-19)36-24-22(5-4-14-32-24)35-26(36)27(28,29)30/h2-17H,1H3/q+1. The maximum atomic E-state index is 13.8. The number of rotatable bonds is 4. The van der Waals surface area contributed by atoms with Crippen molar-refractivity contribution in [2.24, 2.45) is 4.99 Å². The molecule has 0 saturated carbocycles. The molecule has 0 bridgehead atoms. The number of hydrogen-bond acceptors (Lipinski definition) is 5. The highest BCUT2D eigenvalue weighted by atomic mass is 19.4. The molecule has 0 fully saturated rings. The van der Waals surface area contributed by atoms with Gasteiger partial charge in [0.05, 0.1) is 18.0 Å². The number of imidazole rings is 1. The smallest absolute Gasteiger partial charge is 0.273 e. The van der Waals surface area contributed by atoms with Gasteiger partial charge in [0.1, 0.15) is 11.7 Å². The Balaban J connectivity index is 1.48. The quantitative estimate of drug-likeness (QED) is 0.281. The lowest BCUT2D eigenvalue weighted by Crippen LogP contribution is -2.44. The Kier molecular flexibility index (Phi) is 5.20. The number of aryl methyl sites for hydroxylation is 1. The summed E-state index contributed by atoms with van der Waals surface area (Å²) in [5.74, 6) is 0.313. The summed E-state index contributed by atoms with van der Waals surface area (Å²) in [6.07, 6.45) is 3.90. The number of quaternary nitrogens is 1. The Morgan fingerprint density at radius 3 is 2.35 bits per heavy atom. The molecule has 37 heavy (non-hydrogen) atoms. The number of benzene rings is 1. The number of aliphatic imine (C=N–C) groups is 1. The third kappa shape index (κ3) is 3.69. The fourth-order valence-electron chi connectivity index (χ4n) is 4.51. The summed E-state index contributed by atoms with van der Waals surface area (Å²) in [4.78, 5) is 21.7. The first-order valence-corrected chi connectivity index (χ1v) is 11.4. The summed E-state index contributed by atoms with van der Waals surface area (Å²) < 4.78 is 42.7. The van der Waals surface area contributed by atoms with Gasteiger partial charge in [0, 0.05) is 35.9 Å². The summed E-state index contributed by atoms with van der Waals surface area (Å²) in [6.45, 7) is 1.91. The van der Waals surface area contributed by atoms with Gasteiger partial charge in [-0.05, 0) is 55.5 Å². The van der Waals surface area contributed by atoms with Crippen molar-refractivity contribution in [3.8, 4) is 5.69 Å². The predicted molar refractivity (Wildman–Crippen MR) is 134 cm³/mol. The third-order valence-corrected chi connectivity index (χ3v) is 6.19. The molecule has 0 saturated heterocycles. The van der Waals surface area contributed by atoms with Gasteiger partial charge in [-0.1, -0.05) is 6.07 Å². The van der Waals surface area contributed by atoms with Crippen LogP contribution in [0, 0.1) is 6.92 Å². The van der Waals surface area contributed by atoms with Crippen LogP contribution >= 0.6 is 0 Å². The molecule has 0 radical (unpaired) electrons. The van der Waals surface area contributed by atoms with E-state index in [9.17, 15) is 13.2 Å². The van der Waals surface area contributed by atoms with Gasteiger partial charge in [-0.15, -0.1) is 0 Å². The minimum Gasteiger partial charge on any atom is -0.273 e. The molecule has 1 unspecified atom stereocenters.